The van der Waals surface area contributed by atoms with Crippen LogP contribution >= 0.6 is 0 Å². The van der Waals surface area contributed by atoms with E-state index in [1.54, 1.807) is 0 Å². The zero-order valence-electron chi connectivity index (χ0n) is 11.1. The number of hydrogen-bond acceptors (Lipinski definition) is 2. The van der Waals surface area contributed by atoms with Gasteiger partial charge in [0.2, 0.25) is 5.91 Å². The molecule has 0 radical (unpaired) electrons. The summed E-state index contributed by atoms with van der Waals surface area (Å²) in [6.07, 6.45) is 6.70. The number of hydrogen-bond donors (Lipinski definition) is 2. The van der Waals surface area contributed by atoms with Crippen molar-refractivity contribution in [3.05, 3.63) is 0 Å². The predicted molar refractivity (Wildman–Crippen MR) is 69.4 cm³/mol. The molecule has 3 N–H and O–H groups in total. The Balaban J connectivity index is 1.88. The fourth-order valence-electron chi connectivity index (χ4n) is 3.34. The van der Waals surface area contributed by atoms with Crippen molar-refractivity contribution in [1.82, 2.24) is 5.32 Å². The van der Waals surface area contributed by atoms with Crippen molar-refractivity contribution in [2.24, 2.45) is 23.5 Å². The monoisotopic (exact) mass is 238 g/mol. The fraction of sp³-hybridized carbons (Fsp3) is 0.929. The molecule has 2 rings (SSSR count). The molecule has 2 aliphatic carbocycles. The first kappa shape index (κ1) is 12.9. The average molecular weight is 238 g/mol. The zero-order valence-corrected chi connectivity index (χ0v) is 11.1. The van der Waals surface area contributed by atoms with Crippen molar-refractivity contribution >= 4 is 5.91 Å². The molecule has 17 heavy (non-hydrogen) atoms. The van der Waals surface area contributed by atoms with Crippen molar-refractivity contribution in [1.29, 1.82) is 0 Å². The minimum atomic E-state index is 0.0619. The van der Waals surface area contributed by atoms with Crippen molar-refractivity contribution < 1.29 is 4.79 Å². The molecular weight excluding hydrogens is 212 g/mol. The van der Waals surface area contributed by atoms with E-state index in [4.69, 9.17) is 5.73 Å². The van der Waals surface area contributed by atoms with Gasteiger partial charge >= 0.3 is 0 Å². The molecule has 98 valence electrons. The number of nitrogens with two attached hydrogens (primary N) is 1. The van der Waals surface area contributed by atoms with Gasteiger partial charge in [-0.05, 0) is 37.5 Å². The number of carbonyl (C=O) groups excluding carboxylic acids is 1. The summed E-state index contributed by atoms with van der Waals surface area (Å²) in [6, 6.07) is 0.463. The van der Waals surface area contributed by atoms with Crippen LogP contribution in [0.1, 0.15) is 52.4 Å². The molecule has 0 aromatic carbocycles. The van der Waals surface area contributed by atoms with Gasteiger partial charge in [-0.25, -0.2) is 0 Å². The van der Waals surface area contributed by atoms with Gasteiger partial charge < -0.3 is 11.1 Å². The number of nitrogens with one attached hydrogen (secondary N) is 1. The molecule has 0 spiro atoms. The third-order valence-electron chi connectivity index (χ3n) is 4.95. The zero-order chi connectivity index (χ0) is 12.4. The van der Waals surface area contributed by atoms with Crippen LogP contribution in [-0.2, 0) is 4.79 Å². The normalized spacial score (nSPS) is 42.4. The molecule has 0 aromatic heterocycles. The van der Waals surface area contributed by atoms with Gasteiger partial charge in [-0.1, -0.05) is 26.7 Å². The Morgan fingerprint density at radius 2 is 1.82 bits per heavy atom. The summed E-state index contributed by atoms with van der Waals surface area (Å²) in [4.78, 5) is 12.2. The van der Waals surface area contributed by atoms with Gasteiger partial charge in [-0.15, -0.1) is 0 Å². The van der Waals surface area contributed by atoms with Crippen molar-refractivity contribution in [2.75, 3.05) is 0 Å². The lowest BCUT2D eigenvalue weighted by molar-refractivity contribution is -0.127. The quantitative estimate of drug-likeness (QED) is 0.773. The van der Waals surface area contributed by atoms with Crippen LogP contribution in [0.2, 0.25) is 0 Å². The standard InChI is InChI=1S/C14H26N2O/c1-9-7-8-13(10(9)2)16-14(17)11-5-3-4-6-12(11)15/h9-13H,3-8,15H2,1-2H3,(H,16,17). The highest BCUT2D eigenvalue weighted by atomic mass is 16.2. The van der Waals surface area contributed by atoms with Crippen molar-refractivity contribution in [3.63, 3.8) is 0 Å². The minimum absolute atomic E-state index is 0.0619. The van der Waals surface area contributed by atoms with Gasteiger partial charge in [0.05, 0.1) is 5.92 Å². The summed E-state index contributed by atoms with van der Waals surface area (Å²) in [5.74, 6) is 1.62. The second-order valence-electron chi connectivity index (χ2n) is 6.08. The summed E-state index contributed by atoms with van der Waals surface area (Å²) in [5, 5.41) is 3.24. The maximum Gasteiger partial charge on any atom is 0.224 e. The molecule has 5 unspecified atom stereocenters. The van der Waals surface area contributed by atoms with Crippen molar-refractivity contribution in [3.8, 4) is 0 Å². The molecule has 2 saturated carbocycles. The summed E-state index contributed by atoms with van der Waals surface area (Å²) >= 11 is 0. The molecule has 2 aliphatic rings. The lowest BCUT2D eigenvalue weighted by Gasteiger charge is -2.29. The highest BCUT2D eigenvalue weighted by Gasteiger charge is 2.34. The van der Waals surface area contributed by atoms with Gasteiger partial charge in [-0.3, -0.25) is 4.79 Å². The summed E-state index contributed by atoms with van der Waals surface area (Å²) < 4.78 is 0. The predicted octanol–water partition coefficient (Wildman–Crippen LogP) is 2.05. The van der Waals surface area contributed by atoms with Crippen LogP contribution in [0.5, 0.6) is 0 Å². The number of rotatable bonds is 2. The van der Waals surface area contributed by atoms with Gasteiger partial charge in [0, 0.05) is 12.1 Å². The van der Waals surface area contributed by atoms with Gasteiger partial charge in [0.25, 0.3) is 0 Å². The van der Waals surface area contributed by atoms with Crippen LogP contribution in [0.4, 0.5) is 0 Å². The highest BCUT2D eigenvalue weighted by Crippen LogP contribution is 2.32. The Morgan fingerprint density at radius 3 is 2.41 bits per heavy atom. The third kappa shape index (κ3) is 2.82. The van der Waals surface area contributed by atoms with Crippen molar-refractivity contribution in [2.45, 2.75) is 64.5 Å². The minimum Gasteiger partial charge on any atom is -0.353 e. The molecule has 0 aromatic rings. The smallest absolute Gasteiger partial charge is 0.224 e. The summed E-state index contributed by atoms with van der Waals surface area (Å²) in [5.41, 5.74) is 6.06. The maximum absolute atomic E-state index is 12.2. The van der Waals surface area contributed by atoms with Gasteiger partial charge in [0.1, 0.15) is 0 Å². The van der Waals surface area contributed by atoms with Crippen LogP contribution in [0, 0.1) is 17.8 Å². The Hall–Kier alpha value is -0.570. The van der Waals surface area contributed by atoms with E-state index >= 15 is 0 Å². The Labute approximate surface area is 105 Å². The fourth-order valence-corrected chi connectivity index (χ4v) is 3.34. The first-order valence-corrected chi connectivity index (χ1v) is 7.15. The second kappa shape index (κ2) is 5.38. The van der Waals surface area contributed by atoms with Crippen LogP contribution < -0.4 is 11.1 Å². The highest BCUT2D eigenvalue weighted by molar-refractivity contribution is 5.79. The molecule has 0 saturated heterocycles. The third-order valence-corrected chi connectivity index (χ3v) is 4.95. The van der Waals surface area contributed by atoms with E-state index in [1.807, 2.05) is 0 Å². The lowest BCUT2D eigenvalue weighted by Crippen LogP contribution is -2.47. The summed E-state index contributed by atoms with van der Waals surface area (Å²) in [6.45, 7) is 4.53. The molecule has 0 heterocycles. The molecule has 3 heteroatoms. The van der Waals surface area contributed by atoms with Crippen LogP contribution in [0.25, 0.3) is 0 Å². The van der Waals surface area contributed by atoms with Crippen LogP contribution in [0.15, 0.2) is 0 Å². The molecular formula is C14H26N2O. The SMILES string of the molecule is CC1CCC(NC(=O)C2CCCCC2N)C1C. The molecule has 0 bridgehead atoms. The van der Waals surface area contributed by atoms with Gasteiger partial charge in [0.15, 0.2) is 0 Å². The second-order valence-corrected chi connectivity index (χ2v) is 6.08. The molecule has 1 amide bonds. The number of amides is 1. The Morgan fingerprint density at radius 1 is 1.12 bits per heavy atom. The van der Waals surface area contributed by atoms with E-state index < -0.39 is 0 Å². The summed E-state index contributed by atoms with van der Waals surface area (Å²) in [7, 11) is 0. The first-order valence-electron chi connectivity index (χ1n) is 7.15. The van der Waals surface area contributed by atoms with Crippen LogP contribution in [-0.4, -0.2) is 18.0 Å². The molecule has 2 fully saturated rings. The topological polar surface area (TPSA) is 55.1 Å². The van der Waals surface area contributed by atoms with Crippen LogP contribution in [0.3, 0.4) is 0 Å². The van der Waals surface area contributed by atoms with E-state index in [9.17, 15) is 4.79 Å². The first-order chi connectivity index (χ1) is 8.09. The van der Waals surface area contributed by atoms with Gasteiger partial charge in [-0.2, -0.15) is 0 Å². The average Bonchev–Trinajstić information content (AvgIpc) is 2.61. The van der Waals surface area contributed by atoms with E-state index in [0.29, 0.717) is 12.0 Å². The molecule has 0 aliphatic heterocycles. The Bertz CT molecular complexity index is 279. The van der Waals surface area contributed by atoms with E-state index in [-0.39, 0.29) is 17.9 Å². The lowest BCUT2D eigenvalue weighted by atomic mass is 9.84. The maximum atomic E-state index is 12.2. The molecule has 5 atom stereocenters. The van der Waals surface area contributed by atoms with E-state index in [2.05, 4.69) is 19.2 Å². The Kier molecular flexibility index (Phi) is 4.08. The van der Waals surface area contributed by atoms with E-state index in [0.717, 1.165) is 31.6 Å². The molecule has 3 nitrogen and oxygen atoms in total. The largest absolute Gasteiger partial charge is 0.353 e. The van der Waals surface area contributed by atoms with E-state index in [1.165, 1.54) is 12.8 Å². The number of carbonyl (C=O) groups is 1.